The van der Waals surface area contributed by atoms with E-state index in [0.29, 0.717) is 35.9 Å². The van der Waals surface area contributed by atoms with Gasteiger partial charge in [-0.3, -0.25) is 24.3 Å². The third-order valence-corrected chi connectivity index (χ3v) is 5.09. The highest BCUT2D eigenvalue weighted by Crippen LogP contribution is 2.32. The Balaban J connectivity index is 1.64. The molecule has 1 aliphatic heterocycles. The summed E-state index contributed by atoms with van der Waals surface area (Å²) in [6.07, 6.45) is 6.05. The van der Waals surface area contributed by atoms with Gasteiger partial charge in [0.2, 0.25) is 0 Å². The zero-order valence-corrected chi connectivity index (χ0v) is 17.4. The minimum Gasteiger partial charge on any atom is -0.495 e. The number of anilines is 1. The van der Waals surface area contributed by atoms with Crippen LogP contribution in [0.5, 0.6) is 5.75 Å². The number of aldehydes is 1. The minimum atomic E-state index is -0.529. The van der Waals surface area contributed by atoms with Crippen LogP contribution in [-0.2, 0) is 17.9 Å². The van der Waals surface area contributed by atoms with E-state index in [0.717, 1.165) is 23.1 Å². The molecule has 0 fully saturated rings. The Morgan fingerprint density at radius 3 is 2.80 bits per heavy atom. The average Bonchev–Trinajstić information content (AvgIpc) is 3.31. The number of carbonyl (C=O) groups is 2. The second-order valence-corrected chi connectivity index (χ2v) is 8.13. The molecule has 4 heterocycles. The average molecular weight is 405 g/mol. The molecule has 1 aliphatic rings. The van der Waals surface area contributed by atoms with Gasteiger partial charge in [0.15, 0.2) is 5.82 Å². The smallest absolute Gasteiger partial charge is 0.262 e. The van der Waals surface area contributed by atoms with E-state index in [1.54, 1.807) is 41.3 Å². The second-order valence-electron chi connectivity index (χ2n) is 8.13. The van der Waals surface area contributed by atoms with E-state index in [-0.39, 0.29) is 5.91 Å². The molecule has 0 bridgehead atoms. The number of hydrogen-bond donors (Lipinski definition) is 0. The van der Waals surface area contributed by atoms with E-state index in [2.05, 4.69) is 10.1 Å². The lowest BCUT2D eigenvalue weighted by Gasteiger charge is -2.16. The Bertz CT molecular complexity index is 1140. The third kappa shape index (κ3) is 3.56. The summed E-state index contributed by atoms with van der Waals surface area (Å²) in [6.45, 7) is 6.38. The monoisotopic (exact) mass is 405 g/mol. The molecule has 8 heteroatoms. The van der Waals surface area contributed by atoms with Crippen LogP contribution in [0.4, 0.5) is 5.82 Å². The molecule has 0 saturated carbocycles. The summed E-state index contributed by atoms with van der Waals surface area (Å²) in [5.41, 5.74) is 3.21. The largest absolute Gasteiger partial charge is 0.495 e. The maximum atomic E-state index is 13.1. The number of aromatic nitrogens is 4. The Hall–Kier alpha value is -3.55. The number of fused-ring (bicyclic) bond motifs is 1. The van der Waals surface area contributed by atoms with E-state index in [1.165, 1.54) is 0 Å². The Morgan fingerprint density at radius 1 is 1.27 bits per heavy atom. The summed E-state index contributed by atoms with van der Waals surface area (Å²) in [5, 5.41) is 4.50. The second kappa shape index (κ2) is 7.37. The van der Waals surface area contributed by atoms with Gasteiger partial charge < -0.3 is 9.53 Å². The van der Waals surface area contributed by atoms with Gasteiger partial charge in [-0.05, 0) is 24.6 Å². The molecule has 0 saturated heterocycles. The molecular formula is C22H23N5O3. The van der Waals surface area contributed by atoms with Crippen molar-refractivity contribution in [1.29, 1.82) is 0 Å². The van der Waals surface area contributed by atoms with Crippen LogP contribution < -0.4 is 9.64 Å². The van der Waals surface area contributed by atoms with Crippen LogP contribution in [0.3, 0.4) is 0 Å². The normalized spacial score (nSPS) is 13.5. The van der Waals surface area contributed by atoms with E-state index in [4.69, 9.17) is 9.72 Å². The molecule has 0 aromatic carbocycles. The molecule has 1 amide bonds. The fourth-order valence-corrected chi connectivity index (χ4v) is 3.54. The molecular weight excluding hydrogens is 382 g/mol. The summed E-state index contributed by atoms with van der Waals surface area (Å²) >= 11 is 0. The molecule has 0 atom stereocenters. The van der Waals surface area contributed by atoms with Crippen molar-refractivity contribution in [3.63, 3.8) is 0 Å². The summed E-state index contributed by atoms with van der Waals surface area (Å²) < 4.78 is 6.94. The highest BCUT2D eigenvalue weighted by atomic mass is 16.5. The zero-order valence-electron chi connectivity index (χ0n) is 17.4. The van der Waals surface area contributed by atoms with Crippen molar-refractivity contribution in [3.05, 3.63) is 53.6 Å². The SMILES string of the molecule is COc1cncc(-c2cc(C)c3c(n2)CN(c2ccn(CC(C)(C)C=O)n2)C3=O)c1. The van der Waals surface area contributed by atoms with Gasteiger partial charge in [0.1, 0.15) is 12.0 Å². The van der Waals surface area contributed by atoms with Gasteiger partial charge in [0, 0.05) is 29.4 Å². The topological polar surface area (TPSA) is 90.2 Å². The highest BCUT2D eigenvalue weighted by molar-refractivity contribution is 6.10. The number of rotatable bonds is 6. The number of methoxy groups -OCH3 is 1. The van der Waals surface area contributed by atoms with Crippen LogP contribution in [0.25, 0.3) is 11.3 Å². The molecule has 0 spiro atoms. The molecule has 3 aromatic rings. The first-order valence-corrected chi connectivity index (χ1v) is 9.63. The predicted molar refractivity (Wildman–Crippen MR) is 111 cm³/mol. The van der Waals surface area contributed by atoms with Crippen LogP contribution >= 0.6 is 0 Å². The standard InChI is InChI=1S/C22H23N5O3/c1-14-7-17(15-8-16(30-4)10-23-9-15)24-18-11-27(21(29)20(14)18)19-5-6-26(25-19)12-22(2,3)13-28/h5-10,13H,11-12H2,1-4H3. The van der Waals surface area contributed by atoms with Crippen molar-refractivity contribution < 1.29 is 14.3 Å². The Kier molecular flexibility index (Phi) is 4.85. The molecule has 0 radical (unpaired) electrons. The number of hydrogen-bond acceptors (Lipinski definition) is 6. The van der Waals surface area contributed by atoms with Gasteiger partial charge >= 0.3 is 0 Å². The maximum Gasteiger partial charge on any atom is 0.262 e. The lowest BCUT2D eigenvalue weighted by atomic mass is 9.96. The van der Waals surface area contributed by atoms with Crippen molar-refractivity contribution in [3.8, 4) is 17.0 Å². The van der Waals surface area contributed by atoms with Crippen LogP contribution in [0.1, 0.15) is 35.5 Å². The Labute approximate surface area is 174 Å². The van der Waals surface area contributed by atoms with Crippen molar-refractivity contribution in [1.82, 2.24) is 19.7 Å². The van der Waals surface area contributed by atoms with Crippen LogP contribution in [0.2, 0.25) is 0 Å². The molecule has 154 valence electrons. The van der Waals surface area contributed by atoms with Crippen molar-refractivity contribution in [2.75, 3.05) is 12.0 Å². The molecule has 0 unspecified atom stereocenters. The predicted octanol–water partition coefficient (Wildman–Crippen LogP) is 3.04. The highest BCUT2D eigenvalue weighted by Gasteiger charge is 2.33. The van der Waals surface area contributed by atoms with Gasteiger partial charge in [-0.15, -0.1) is 0 Å². The van der Waals surface area contributed by atoms with E-state index < -0.39 is 5.41 Å². The van der Waals surface area contributed by atoms with Crippen LogP contribution in [-0.4, -0.2) is 39.1 Å². The fourth-order valence-electron chi connectivity index (χ4n) is 3.54. The molecule has 4 rings (SSSR count). The van der Waals surface area contributed by atoms with E-state index >= 15 is 0 Å². The number of nitrogens with zero attached hydrogens (tertiary/aromatic N) is 5. The maximum absolute atomic E-state index is 13.1. The fraction of sp³-hybridized carbons (Fsp3) is 0.318. The first kappa shape index (κ1) is 19.8. The lowest BCUT2D eigenvalue weighted by Crippen LogP contribution is -2.25. The molecule has 3 aromatic heterocycles. The van der Waals surface area contributed by atoms with Gasteiger partial charge in [-0.25, -0.2) is 0 Å². The number of ether oxygens (including phenoxy) is 1. The number of pyridine rings is 2. The molecule has 0 N–H and O–H groups in total. The number of aryl methyl sites for hydroxylation is 1. The van der Waals surface area contributed by atoms with E-state index in [9.17, 15) is 9.59 Å². The quantitative estimate of drug-likeness (QED) is 0.586. The van der Waals surface area contributed by atoms with Crippen LogP contribution in [0, 0.1) is 12.3 Å². The van der Waals surface area contributed by atoms with Gasteiger partial charge in [-0.1, -0.05) is 13.8 Å². The third-order valence-electron chi connectivity index (χ3n) is 5.09. The first-order valence-electron chi connectivity index (χ1n) is 9.63. The van der Waals surface area contributed by atoms with Gasteiger partial charge in [0.05, 0.1) is 43.3 Å². The number of carbonyl (C=O) groups excluding carboxylic acids is 2. The van der Waals surface area contributed by atoms with Gasteiger partial charge in [0.25, 0.3) is 5.91 Å². The minimum absolute atomic E-state index is 0.120. The first-order chi connectivity index (χ1) is 14.3. The number of amides is 1. The summed E-state index contributed by atoms with van der Waals surface area (Å²) in [4.78, 5) is 34.8. The van der Waals surface area contributed by atoms with Crippen LogP contribution in [0.15, 0.2) is 36.8 Å². The van der Waals surface area contributed by atoms with E-state index in [1.807, 2.05) is 32.9 Å². The molecule has 30 heavy (non-hydrogen) atoms. The van der Waals surface area contributed by atoms with Crippen molar-refractivity contribution in [2.24, 2.45) is 5.41 Å². The van der Waals surface area contributed by atoms with Crippen molar-refractivity contribution >= 4 is 18.0 Å². The summed E-state index contributed by atoms with van der Waals surface area (Å²) in [5.74, 6) is 1.07. The Morgan fingerprint density at radius 2 is 2.07 bits per heavy atom. The molecule has 8 nitrogen and oxygen atoms in total. The molecule has 0 aliphatic carbocycles. The lowest BCUT2D eigenvalue weighted by molar-refractivity contribution is -0.115. The summed E-state index contributed by atoms with van der Waals surface area (Å²) in [6, 6.07) is 5.54. The summed E-state index contributed by atoms with van der Waals surface area (Å²) in [7, 11) is 1.59. The zero-order chi connectivity index (χ0) is 21.5. The van der Waals surface area contributed by atoms with Crippen molar-refractivity contribution in [2.45, 2.75) is 33.9 Å². The van der Waals surface area contributed by atoms with Gasteiger partial charge in [-0.2, -0.15) is 5.10 Å².